The van der Waals surface area contributed by atoms with E-state index in [2.05, 4.69) is 29.5 Å². The molecule has 0 saturated heterocycles. The van der Waals surface area contributed by atoms with Gasteiger partial charge < -0.3 is 0 Å². The average Bonchev–Trinajstić information content (AvgIpc) is 2.40. The third-order valence-corrected chi connectivity index (χ3v) is 4.82. The molecule has 0 unspecified atom stereocenters. The second-order valence-corrected chi connectivity index (χ2v) is 6.49. The van der Waals surface area contributed by atoms with E-state index in [1.54, 1.807) is 6.07 Å². The summed E-state index contributed by atoms with van der Waals surface area (Å²) in [5, 5.41) is 0.672. The monoisotopic (exact) mass is 392 g/mol. The lowest BCUT2D eigenvalue weighted by Gasteiger charge is -2.03. The fraction of sp³-hybridized carbons (Fsp3) is 0.562. The van der Waals surface area contributed by atoms with Crippen LogP contribution in [-0.2, 0) is 0 Å². The van der Waals surface area contributed by atoms with E-state index in [9.17, 15) is 4.79 Å². The van der Waals surface area contributed by atoms with Gasteiger partial charge in [-0.2, -0.15) is 0 Å². The Hall–Kier alpha value is -0.0900. The highest BCUT2D eigenvalue weighted by Crippen LogP contribution is 2.21. The molecule has 0 aromatic heterocycles. The Kier molecular flexibility index (Phi) is 8.71. The topological polar surface area (TPSA) is 17.1 Å². The molecule has 1 rings (SSSR count). The van der Waals surface area contributed by atoms with Gasteiger partial charge in [-0.1, -0.05) is 63.1 Å². The van der Waals surface area contributed by atoms with Crippen molar-refractivity contribution in [3.05, 3.63) is 32.4 Å². The number of Topliss-reactive ketones (excluding diaryl/α,β-unsaturated/α-hetero) is 1. The van der Waals surface area contributed by atoms with Gasteiger partial charge in [0, 0.05) is 15.6 Å². The zero-order valence-corrected chi connectivity index (χ0v) is 14.5. The van der Waals surface area contributed by atoms with Crippen LogP contribution in [0.2, 0.25) is 5.02 Å². The molecule has 106 valence electrons. The van der Waals surface area contributed by atoms with Gasteiger partial charge in [-0.05, 0) is 41.1 Å². The van der Waals surface area contributed by atoms with E-state index in [1.807, 2.05) is 12.1 Å². The zero-order valence-electron chi connectivity index (χ0n) is 11.6. The van der Waals surface area contributed by atoms with Crippen LogP contribution in [0.25, 0.3) is 0 Å². The molecule has 0 radical (unpaired) electrons. The Morgan fingerprint density at radius 2 is 1.74 bits per heavy atom. The summed E-state index contributed by atoms with van der Waals surface area (Å²) < 4.78 is 0.992. The molecule has 0 atom stereocenters. The molecule has 0 bridgehead atoms. The van der Waals surface area contributed by atoms with Gasteiger partial charge in [0.15, 0.2) is 5.78 Å². The van der Waals surface area contributed by atoms with Crippen molar-refractivity contribution in [1.82, 2.24) is 0 Å². The number of rotatable bonds is 9. The van der Waals surface area contributed by atoms with Crippen LogP contribution in [0.5, 0.6) is 0 Å². The summed E-state index contributed by atoms with van der Waals surface area (Å²) in [6.07, 6.45) is 9.30. The van der Waals surface area contributed by atoms with Crippen LogP contribution in [0.1, 0.15) is 68.6 Å². The minimum absolute atomic E-state index is 0.215. The van der Waals surface area contributed by atoms with Crippen molar-refractivity contribution in [3.8, 4) is 0 Å². The van der Waals surface area contributed by atoms with E-state index in [4.69, 9.17) is 11.6 Å². The summed E-state index contributed by atoms with van der Waals surface area (Å²) in [5.74, 6) is 0.215. The minimum Gasteiger partial charge on any atom is -0.294 e. The molecule has 0 amide bonds. The minimum atomic E-state index is 0.215. The van der Waals surface area contributed by atoms with Gasteiger partial charge in [-0.25, -0.2) is 0 Å². The first-order valence-electron chi connectivity index (χ1n) is 7.13. The number of carbonyl (C=O) groups is 1. The molecule has 0 aliphatic rings. The van der Waals surface area contributed by atoms with E-state index in [-0.39, 0.29) is 5.78 Å². The number of ketones is 1. The van der Waals surface area contributed by atoms with Gasteiger partial charge in [0.1, 0.15) is 0 Å². The molecule has 0 spiro atoms. The Morgan fingerprint density at radius 1 is 1.11 bits per heavy atom. The van der Waals surface area contributed by atoms with Crippen LogP contribution in [0.4, 0.5) is 0 Å². The number of unbranched alkanes of at least 4 members (excludes halogenated alkanes) is 6. The fourth-order valence-corrected chi connectivity index (χ4v) is 2.57. The third kappa shape index (κ3) is 6.75. The first-order valence-corrected chi connectivity index (χ1v) is 8.59. The number of halogens is 2. The van der Waals surface area contributed by atoms with Crippen molar-refractivity contribution in [1.29, 1.82) is 0 Å². The van der Waals surface area contributed by atoms with Crippen LogP contribution in [0.3, 0.4) is 0 Å². The van der Waals surface area contributed by atoms with Gasteiger partial charge in [-0.3, -0.25) is 4.79 Å². The van der Waals surface area contributed by atoms with E-state index in [0.717, 1.165) is 22.0 Å². The van der Waals surface area contributed by atoms with Crippen LogP contribution in [0, 0.1) is 3.57 Å². The van der Waals surface area contributed by atoms with Crippen LogP contribution >= 0.6 is 34.2 Å². The number of hydrogen-bond acceptors (Lipinski definition) is 1. The van der Waals surface area contributed by atoms with Gasteiger partial charge in [0.25, 0.3) is 0 Å². The lowest BCUT2D eigenvalue weighted by molar-refractivity contribution is 0.0979. The molecule has 0 saturated carbocycles. The van der Waals surface area contributed by atoms with Gasteiger partial charge >= 0.3 is 0 Å². The lowest BCUT2D eigenvalue weighted by Crippen LogP contribution is -1.99. The van der Waals surface area contributed by atoms with Crippen molar-refractivity contribution in [3.63, 3.8) is 0 Å². The summed E-state index contributed by atoms with van der Waals surface area (Å²) in [6, 6.07) is 5.56. The van der Waals surface area contributed by atoms with Crippen molar-refractivity contribution in [2.75, 3.05) is 0 Å². The number of benzene rings is 1. The molecule has 1 nitrogen and oxygen atoms in total. The second kappa shape index (κ2) is 9.76. The number of carbonyl (C=O) groups excluding carboxylic acids is 1. The SMILES string of the molecule is CCCCCCCCCC(=O)c1ccc(I)c(Cl)c1. The van der Waals surface area contributed by atoms with Gasteiger partial charge in [0.05, 0.1) is 5.02 Å². The smallest absolute Gasteiger partial charge is 0.162 e. The highest BCUT2D eigenvalue weighted by Gasteiger charge is 2.07. The van der Waals surface area contributed by atoms with Crippen molar-refractivity contribution in [2.24, 2.45) is 0 Å². The Morgan fingerprint density at radius 3 is 2.37 bits per heavy atom. The van der Waals surface area contributed by atoms with Gasteiger partial charge in [-0.15, -0.1) is 0 Å². The highest BCUT2D eigenvalue weighted by molar-refractivity contribution is 14.1. The maximum atomic E-state index is 12.0. The molecule has 0 fully saturated rings. The predicted molar refractivity (Wildman–Crippen MR) is 91.1 cm³/mol. The molecule has 0 N–H and O–H groups in total. The van der Waals surface area contributed by atoms with E-state index >= 15 is 0 Å². The predicted octanol–water partition coefficient (Wildman–Crippen LogP) is 6.27. The first kappa shape index (κ1) is 17.0. The van der Waals surface area contributed by atoms with Crippen LogP contribution in [-0.4, -0.2) is 5.78 Å². The molecule has 0 aliphatic heterocycles. The summed E-state index contributed by atoms with van der Waals surface area (Å²) in [7, 11) is 0. The average molecular weight is 393 g/mol. The standard InChI is InChI=1S/C16H22ClIO/c1-2-3-4-5-6-7-8-9-16(19)13-10-11-15(18)14(17)12-13/h10-12H,2-9H2,1H3. The molecule has 3 heteroatoms. The van der Waals surface area contributed by atoms with Crippen LogP contribution < -0.4 is 0 Å². The van der Waals surface area contributed by atoms with Crippen molar-refractivity contribution < 1.29 is 4.79 Å². The molecule has 19 heavy (non-hydrogen) atoms. The van der Waals surface area contributed by atoms with E-state index in [0.29, 0.717) is 11.4 Å². The maximum absolute atomic E-state index is 12.0. The molecule has 0 aliphatic carbocycles. The van der Waals surface area contributed by atoms with Crippen LogP contribution in [0.15, 0.2) is 18.2 Å². The normalized spacial score (nSPS) is 10.7. The Bertz CT molecular complexity index is 404. The van der Waals surface area contributed by atoms with E-state index < -0.39 is 0 Å². The lowest BCUT2D eigenvalue weighted by atomic mass is 10.0. The molecule has 0 heterocycles. The number of hydrogen-bond donors (Lipinski definition) is 0. The van der Waals surface area contributed by atoms with Crippen molar-refractivity contribution in [2.45, 2.75) is 58.3 Å². The quantitative estimate of drug-likeness (QED) is 0.275. The van der Waals surface area contributed by atoms with Crippen molar-refractivity contribution >= 4 is 40.0 Å². The third-order valence-electron chi connectivity index (χ3n) is 3.25. The Labute approximate surface area is 135 Å². The first-order chi connectivity index (χ1) is 9.15. The van der Waals surface area contributed by atoms with E-state index in [1.165, 1.54) is 32.1 Å². The largest absolute Gasteiger partial charge is 0.294 e. The molecule has 1 aromatic carbocycles. The molecule has 1 aromatic rings. The summed E-state index contributed by atoms with van der Waals surface area (Å²) in [6.45, 7) is 2.23. The molecular weight excluding hydrogens is 371 g/mol. The Balaban J connectivity index is 2.22. The highest BCUT2D eigenvalue weighted by atomic mass is 127. The second-order valence-electron chi connectivity index (χ2n) is 4.92. The summed E-state index contributed by atoms with van der Waals surface area (Å²) in [4.78, 5) is 12.0. The fourth-order valence-electron chi connectivity index (χ4n) is 2.06. The van der Waals surface area contributed by atoms with Gasteiger partial charge in [0.2, 0.25) is 0 Å². The summed E-state index contributed by atoms with van der Waals surface area (Å²) >= 11 is 8.20. The summed E-state index contributed by atoms with van der Waals surface area (Å²) in [5.41, 5.74) is 0.747. The zero-order chi connectivity index (χ0) is 14.1. The maximum Gasteiger partial charge on any atom is 0.162 e. The molecular formula is C16H22ClIO.